The molecule has 0 amide bonds. The topological polar surface area (TPSA) is 67.8 Å². The molecule has 2 N–H and O–H groups in total. The summed E-state index contributed by atoms with van der Waals surface area (Å²) in [4.78, 5) is 12.1. The Morgan fingerprint density at radius 2 is 2.11 bits per heavy atom. The summed E-state index contributed by atoms with van der Waals surface area (Å²) < 4.78 is 10.5. The molecule has 98 valence electrons. The second-order valence-corrected chi connectivity index (χ2v) is 5.16. The molecule has 0 unspecified atom stereocenters. The molecule has 2 heterocycles. The number of ether oxygens (including phenoxy) is 2. The van der Waals surface area contributed by atoms with Crippen molar-refractivity contribution in [3.05, 3.63) is 40.1 Å². The molecule has 2 aromatic rings. The van der Waals surface area contributed by atoms with E-state index in [0.29, 0.717) is 11.4 Å². The molecule has 6 heteroatoms. The zero-order valence-electron chi connectivity index (χ0n) is 9.88. The van der Waals surface area contributed by atoms with Gasteiger partial charge in [-0.15, -0.1) is 11.3 Å². The van der Waals surface area contributed by atoms with Crippen LogP contribution < -0.4 is 14.8 Å². The normalized spacial score (nSPS) is 12.4. The third-order valence-corrected chi connectivity index (χ3v) is 3.78. The molecule has 0 spiro atoms. The number of rotatable bonds is 4. The van der Waals surface area contributed by atoms with E-state index in [-0.39, 0.29) is 6.79 Å². The Balaban J connectivity index is 1.67. The van der Waals surface area contributed by atoms with E-state index in [0.717, 1.165) is 22.1 Å². The molecule has 0 fully saturated rings. The Hall–Kier alpha value is -2.21. The first kappa shape index (κ1) is 11.9. The van der Waals surface area contributed by atoms with Crippen LogP contribution in [-0.4, -0.2) is 17.9 Å². The van der Waals surface area contributed by atoms with Gasteiger partial charge in [0.2, 0.25) is 6.79 Å². The molecule has 0 atom stereocenters. The van der Waals surface area contributed by atoms with Gasteiger partial charge in [0.1, 0.15) is 4.88 Å². The van der Waals surface area contributed by atoms with Gasteiger partial charge in [-0.25, -0.2) is 4.79 Å². The van der Waals surface area contributed by atoms with Crippen LogP contribution in [0.15, 0.2) is 30.3 Å². The van der Waals surface area contributed by atoms with Gasteiger partial charge in [-0.2, -0.15) is 0 Å². The number of fused-ring (bicyclic) bond motifs is 1. The molecule has 3 rings (SSSR count). The predicted octanol–water partition coefficient (Wildman–Crippen LogP) is 2.79. The summed E-state index contributed by atoms with van der Waals surface area (Å²) in [7, 11) is 0. The highest BCUT2D eigenvalue weighted by Crippen LogP contribution is 2.34. The maximum atomic E-state index is 10.8. The first-order valence-electron chi connectivity index (χ1n) is 5.68. The molecule has 0 saturated carbocycles. The van der Waals surface area contributed by atoms with Crippen LogP contribution in [0.5, 0.6) is 11.5 Å². The van der Waals surface area contributed by atoms with Crippen LogP contribution >= 0.6 is 11.3 Å². The maximum Gasteiger partial charge on any atom is 0.345 e. The lowest BCUT2D eigenvalue weighted by Gasteiger charge is -2.05. The molecule has 1 aliphatic rings. The molecule has 1 aromatic heterocycles. The van der Waals surface area contributed by atoms with Crippen molar-refractivity contribution in [1.29, 1.82) is 0 Å². The number of carboxylic acids is 1. The first-order chi connectivity index (χ1) is 9.22. The molecule has 0 bridgehead atoms. The number of benzene rings is 1. The largest absolute Gasteiger partial charge is 0.477 e. The van der Waals surface area contributed by atoms with Crippen LogP contribution in [0.25, 0.3) is 0 Å². The number of hydrogen-bond acceptors (Lipinski definition) is 5. The van der Waals surface area contributed by atoms with Gasteiger partial charge in [0.05, 0.1) is 0 Å². The molecule has 1 aromatic carbocycles. The maximum absolute atomic E-state index is 10.8. The molecule has 1 aliphatic heterocycles. The van der Waals surface area contributed by atoms with E-state index in [4.69, 9.17) is 14.6 Å². The van der Waals surface area contributed by atoms with E-state index in [2.05, 4.69) is 5.32 Å². The minimum Gasteiger partial charge on any atom is -0.477 e. The fraction of sp³-hybridized carbons (Fsp3) is 0.154. The molecular formula is C13H11NO4S. The van der Waals surface area contributed by atoms with Gasteiger partial charge in [0.25, 0.3) is 0 Å². The quantitative estimate of drug-likeness (QED) is 0.899. The van der Waals surface area contributed by atoms with Crippen molar-refractivity contribution in [1.82, 2.24) is 0 Å². The van der Waals surface area contributed by atoms with Crippen molar-refractivity contribution in [2.24, 2.45) is 0 Å². The predicted molar refractivity (Wildman–Crippen MR) is 71.2 cm³/mol. The average Bonchev–Trinajstić information content (AvgIpc) is 3.04. The van der Waals surface area contributed by atoms with E-state index in [1.807, 2.05) is 24.3 Å². The Labute approximate surface area is 113 Å². The number of thiophene rings is 1. The second kappa shape index (κ2) is 4.81. The Bertz CT molecular complexity index is 623. The van der Waals surface area contributed by atoms with Crippen molar-refractivity contribution >= 4 is 23.0 Å². The van der Waals surface area contributed by atoms with Crippen LogP contribution in [0.3, 0.4) is 0 Å². The minimum atomic E-state index is -0.890. The van der Waals surface area contributed by atoms with Gasteiger partial charge < -0.3 is 19.9 Å². The van der Waals surface area contributed by atoms with Gasteiger partial charge in [0.15, 0.2) is 11.5 Å². The summed E-state index contributed by atoms with van der Waals surface area (Å²) in [5.41, 5.74) is 0.912. The fourth-order valence-corrected chi connectivity index (χ4v) is 2.57. The third-order valence-electron chi connectivity index (χ3n) is 2.71. The highest BCUT2D eigenvalue weighted by Gasteiger charge is 2.13. The summed E-state index contributed by atoms with van der Waals surface area (Å²) in [6.45, 7) is 0.837. The SMILES string of the molecule is O=C(O)c1ccc(CNc2ccc3c(c2)OCO3)s1. The molecule has 0 radical (unpaired) electrons. The standard InChI is InChI=1S/C13H11NO4S/c15-13(16)12-4-2-9(19-12)6-14-8-1-3-10-11(5-8)18-7-17-10/h1-5,14H,6-7H2,(H,15,16). The lowest BCUT2D eigenvalue weighted by molar-refractivity contribution is 0.0702. The summed E-state index contributed by atoms with van der Waals surface area (Å²) in [5.74, 6) is 0.580. The van der Waals surface area contributed by atoms with Crippen molar-refractivity contribution in [2.75, 3.05) is 12.1 Å². The van der Waals surface area contributed by atoms with Gasteiger partial charge in [0, 0.05) is 23.2 Å². The second-order valence-electron chi connectivity index (χ2n) is 3.99. The van der Waals surface area contributed by atoms with E-state index < -0.39 is 5.97 Å². The number of anilines is 1. The third kappa shape index (κ3) is 2.48. The van der Waals surface area contributed by atoms with Gasteiger partial charge >= 0.3 is 5.97 Å². The summed E-state index contributed by atoms with van der Waals surface area (Å²) in [6.07, 6.45) is 0. The monoisotopic (exact) mass is 277 g/mol. The Morgan fingerprint density at radius 3 is 2.89 bits per heavy atom. The van der Waals surface area contributed by atoms with Gasteiger partial charge in [-0.1, -0.05) is 0 Å². The lowest BCUT2D eigenvalue weighted by atomic mass is 10.2. The molecule has 5 nitrogen and oxygen atoms in total. The van der Waals surface area contributed by atoms with Crippen LogP contribution in [0, 0.1) is 0 Å². The molecule has 0 aliphatic carbocycles. The number of carbonyl (C=O) groups is 1. The zero-order chi connectivity index (χ0) is 13.2. The number of nitrogens with one attached hydrogen (secondary N) is 1. The molecule has 0 saturated heterocycles. The van der Waals surface area contributed by atoms with Crippen LogP contribution in [0.1, 0.15) is 14.5 Å². The van der Waals surface area contributed by atoms with E-state index >= 15 is 0 Å². The number of carboxylic acid groups (broad SMARTS) is 1. The van der Waals surface area contributed by atoms with Crippen LogP contribution in [0.4, 0.5) is 5.69 Å². The van der Waals surface area contributed by atoms with Crippen LogP contribution in [0.2, 0.25) is 0 Å². The minimum absolute atomic E-state index is 0.256. The van der Waals surface area contributed by atoms with Gasteiger partial charge in [-0.3, -0.25) is 0 Å². The summed E-state index contributed by atoms with van der Waals surface area (Å²) in [6, 6.07) is 9.05. The summed E-state index contributed by atoms with van der Waals surface area (Å²) >= 11 is 1.27. The Kier molecular flexibility index (Phi) is 3.00. The number of hydrogen-bond donors (Lipinski definition) is 2. The van der Waals surface area contributed by atoms with Crippen molar-refractivity contribution in [3.63, 3.8) is 0 Å². The van der Waals surface area contributed by atoms with E-state index in [9.17, 15) is 4.79 Å². The van der Waals surface area contributed by atoms with E-state index in [1.165, 1.54) is 11.3 Å². The van der Waals surface area contributed by atoms with E-state index in [1.54, 1.807) is 6.07 Å². The van der Waals surface area contributed by atoms with Crippen LogP contribution in [-0.2, 0) is 6.54 Å². The highest BCUT2D eigenvalue weighted by molar-refractivity contribution is 7.13. The summed E-state index contributed by atoms with van der Waals surface area (Å²) in [5, 5.41) is 12.1. The highest BCUT2D eigenvalue weighted by atomic mass is 32.1. The zero-order valence-corrected chi connectivity index (χ0v) is 10.7. The first-order valence-corrected chi connectivity index (χ1v) is 6.49. The molecular weight excluding hydrogens is 266 g/mol. The Morgan fingerprint density at radius 1 is 1.26 bits per heavy atom. The van der Waals surface area contributed by atoms with Crippen molar-refractivity contribution in [3.8, 4) is 11.5 Å². The molecule has 19 heavy (non-hydrogen) atoms. The lowest BCUT2D eigenvalue weighted by Crippen LogP contribution is -1.97. The van der Waals surface area contributed by atoms with Crippen molar-refractivity contribution in [2.45, 2.75) is 6.54 Å². The fourth-order valence-electron chi connectivity index (χ4n) is 1.78. The number of aromatic carboxylic acids is 1. The average molecular weight is 277 g/mol. The van der Waals surface area contributed by atoms with Crippen molar-refractivity contribution < 1.29 is 19.4 Å². The van der Waals surface area contributed by atoms with Gasteiger partial charge in [-0.05, 0) is 24.3 Å². The smallest absolute Gasteiger partial charge is 0.345 e.